The minimum atomic E-state index is -0.213. The fraction of sp³-hybridized carbons (Fsp3) is 0.643. The lowest BCUT2D eigenvalue weighted by Gasteiger charge is -2.33. The first kappa shape index (κ1) is 14.7. The Bertz CT molecular complexity index is 530. The molecule has 1 fully saturated rings. The topological polar surface area (TPSA) is 58.4 Å². The van der Waals surface area contributed by atoms with Crippen LogP contribution in [-0.4, -0.2) is 53.7 Å². The van der Waals surface area contributed by atoms with Crippen molar-refractivity contribution in [3.05, 3.63) is 22.6 Å². The van der Waals surface area contributed by atoms with E-state index in [0.29, 0.717) is 0 Å². The van der Waals surface area contributed by atoms with Crippen LogP contribution in [0.2, 0.25) is 0 Å². The van der Waals surface area contributed by atoms with E-state index in [1.165, 1.54) is 4.68 Å². The van der Waals surface area contributed by atoms with Crippen molar-refractivity contribution < 1.29 is 4.79 Å². The van der Waals surface area contributed by atoms with E-state index in [2.05, 4.69) is 21.9 Å². The van der Waals surface area contributed by atoms with Gasteiger partial charge in [0.05, 0.1) is 11.9 Å². The number of ketones is 1. The molecular weight excluding hydrogens is 256 g/mol. The Kier molecular flexibility index (Phi) is 4.54. The molecule has 2 heterocycles. The molecule has 1 aliphatic heterocycles. The first-order valence-electron chi connectivity index (χ1n) is 7.00. The Morgan fingerprint density at radius 3 is 2.50 bits per heavy atom. The van der Waals surface area contributed by atoms with Crippen LogP contribution in [0.15, 0.2) is 17.1 Å². The first-order valence-corrected chi connectivity index (χ1v) is 7.00. The van der Waals surface area contributed by atoms with E-state index in [-0.39, 0.29) is 23.8 Å². The van der Waals surface area contributed by atoms with Crippen molar-refractivity contribution in [2.24, 2.45) is 5.92 Å². The zero-order valence-electron chi connectivity index (χ0n) is 12.4. The molecule has 1 aromatic heterocycles. The Hall–Kier alpha value is -1.69. The monoisotopic (exact) mass is 278 g/mol. The van der Waals surface area contributed by atoms with Crippen molar-refractivity contribution in [3.8, 4) is 0 Å². The molecule has 0 unspecified atom stereocenters. The zero-order chi connectivity index (χ0) is 14.7. The number of hydrogen-bond donors (Lipinski definition) is 0. The van der Waals surface area contributed by atoms with Gasteiger partial charge in [-0.1, -0.05) is 13.8 Å². The number of carbonyl (C=O) groups excluding carboxylic acids is 1. The van der Waals surface area contributed by atoms with Gasteiger partial charge in [-0.3, -0.25) is 9.59 Å². The van der Waals surface area contributed by atoms with E-state index in [1.807, 2.05) is 13.8 Å². The Labute approximate surface area is 119 Å². The largest absolute Gasteiger partial charge is 0.368 e. The summed E-state index contributed by atoms with van der Waals surface area (Å²) in [6, 6.07) is 1.58. The van der Waals surface area contributed by atoms with Gasteiger partial charge in [0.2, 0.25) is 0 Å². The maximum atomic E-state index is 12.0. The predicted octanol–water partition coefficient (Wildman–Crippen LogP) is 0.220. The third kappa shape index (κ3) is 3.45. The van der Waals surface area contributed by atoms with Gasteiger partial charge < -0.3 is 9.80 Å². The van der Waals surface area contributed by atoms with Crippen LogP contribution in [0.5, 0.6) is 0 Å². The van der Waals surface area contributed by atoms with E-state index in [9.17, 15) is 9.59 Å². The SMILES string of the molecule is CC(C)C(=O)Cn1ncc(N2CCN(C)CC2)cc1=O. The lowest BCUT2D eigenvalue weighted by Crippen LogP contribution is -2.45. The van der Waals surface area contributed by atoms with Gasteiger partial charge >= 0.3 is 0 Å². The quantitative estimate of drug-likeness (QED) is 0.788. The molecule has 2 rings (SSSR count). The average Bonchev–Trinajstić information content (AvgIpc) is 2.41. The van der Waals surface area contributed by atoms with Gasteiger partial charge in [-0.05, 0) is 7.05 Å². The first-order chi connectivity index (χ1) is 9.47. The summed E-state index contributed by atoms with van der Waals surface area (Å²) in [5.41, 5.74) is 0.631. The molecule has 0 aromatic carbocycles. The highest BCUT2D eigenvalue weighted by Gasteiger charge is 2.16. The Balaban J connectivity index is 2.10. The maximum absolute atomic E-state index is 12.0. The molecule has 110 valence electrons. The summed E-state index contributed by atoms with van der Waals surface area (Å²) in [6.07, 6.45) is 1.68. The van der Waals surface area contributed by atoms with Crippen LogP contribution in [0.1, 0.15) is 13.8 Å². The smallest absolute Gasteiger partial charge is 0.269 e. The van der Waals surface area contributed by atoms with E-state index in [0.717, 1.165) is 31.9 Å². The summed E-state index contributed by atoms with van der Waals surface area (Å²) in [5.74, 6) is -0.0621. The van der Waals surface area contributed by atoms with Gasteiger partial charge in [0.25, 0.3) is 5.56 Å². The molecule has 1 saturated heterocycles. The second-order valence-corrected chi connectivity index (χ2v) is 5.62. The fourth-order valence-corrected chi connectivity index (χ4v) is 2.11. The number of rotatable bonds is 4. The van der Waals surface area contributed by atoms with E-state index in [1.54, 1.807) is 12.3 Å². The van der Waals surface area contributed by atoms with E-state index >= 15 is 0 Å². The average molecular weight is 278 g/mol. The third-order valence-electron chi connectivity index (χ3n) is 3.67. The van der Waals surface area contributed by atoms with E-state index < -0.39 is 0 Å². The Morgan fingerprint density at radius 2 is 1.95 bits per heavy atom. The van der Waals surface area contributed by atoms with Crippen molar-refractivity contribution in [2.75, 3.05) is 38.1 Å². The molecule has 20 heavy (non-hydrogen) atoms. The minimum Gasteiger partial charge on any atom is -0.368 e. The molecule has 1 aliphatic rings. The molecule has 0 spiro atoms. The van der Waals surface area contributed by atoms with Crippen LogP contribution in [0, 0.1) is 5.92 Å². The predicted molar refractivity (Wildman–Crippen MR) is 78.1 cm³/mol. The number of Topliss-reactive ketones (excluding diaryl/α,β-unsaturated/α-hetero) is 1. The number of hydrogen-bond acceptors (Lipinski definition) is 5. The summed E-state index contributed by atoms with van der Waals surface area (Å²) in [6.45, 7) is 7.46. The number of nitrogens with zero attached hydrogens (tertiary/aromatic N) is 4. The summed E-state index contributed by atoms with van der Waals surface area (Å²) in [4.78, 5) is 28.1. The fourth-order valence-electron chi connectivity index (χ4n) is 2.11. The zero-order valence-corrected chi connectivity index (χ0v) is 12.4. The van der Waals surface area contributed by atoms with Gasteiger partial charge in [-0.25, -0.2) is 4.68 Å². The number of anilines is 1. The van der Waals surface area contributed by atoms with Crippen LogP contribution in [0.25, 0.3) is 0 Å². The van der Waals surface area contributed by atoms with Gasteiger partial charge in [-0.15, -0.1) is 0 Å². The van der Waals surface area contributed by atoms with Crippen molar-refractivity contribution in [2.45, 2.75) is 20.4 Å². The molecule has 0 atom stereocenters. The van der Waals surface area contributed by atoms with Crippen molar-refractivity contribution in [1.29, 1.82) is 0 Å². The molecule has 6 heteroatoms. The molecular formula is C14H22N4O2. The minimum absolute atomic E-state index is 0.0203. The summed E-state index contributed by atoms with van der Waals surface area (Å²) >= 11 is 0. The second-order valence-electron chi connectivity index (χ2n) is 5.62. The summed E-state index contributed by atoms with van der Waals surface area (Å²) in [7, 11) is 2.09. The highest BCUT2D eigenvalue weighted by molar-refractivity contribution is 5.79. The van der Waals surface area contributed by atoms with Crippen LogP contribution >= 0.6 is 0 Å². The number of aromatic nitrogens is 2. The number of likely N-dealkylation sites (N-methyl/N-ethyl adjacent to an activating group) is 1. The molecule has 1 aromatic rings. The normalized spacial score (nSPS) is 16.7. The molecule has 0 aliphatic carbocycles. The summed E-state index contributed by atoms with van der Waals surface area (Å²) in [5, 5.41) is 4.12. The number of piperazine rings is 1. The maximum Gasteiger partial charge on any atom is 0.269 e. The molecule has 0 saturated carbocycles. The van der Waals surface area contributed by atoms with Crippen LogP contribution in [0.3, 0.4) is 0 Å². The van der Waals surface area contributed by atoms with Crippen molar-refractivity contribution in [1.82, 2.24) is 14.7 Å². The third-order valence-corrected chi connectivity index (χ3v) is 3.67. The van der Waals surface area contributed by atoms with Crippen molar-refractivity contribution >= 4 is 11.5 Å². The van der Waals surface area contributed by atoms with Gasteiger partial charge in [-0.2, -0.15) is 5.10 Å². The van der Waals surface area contributed by atoms with Crippen molar-refractivity contribution in [3.63, 3.8) is 0 Å². The Morgan fingerprint density at radius 1 is 1.30 bits per heavy atom. The molecule has 0 N–H and O–H groups in total. The standard InChI is InChI=1S/C14H22N4O2/c1-11(2)13(19)10-18-14(20)8-12(9-15-18)17-6-4-16(3)5-7-17/h8-9,11H,4-7,10H2,1-3H3. The highest BCUT2D eigenvalue weighted by atomic mass is 16.1. The van der Waals surface area contributed by atoms with E-state index in [4.69, 9.17) is 0 Å². The van der Waals surface area contributed by atoms with Crippen LogP contribution in [0.4, 0.5) is 5.69 Å². The lowest BCUT2D eigenvalue weighted by atomic mass is 10.1. The molecule has 0 radical (unpaired) electrons. The second kappa shape index (κ2) is 6.17. The molecule has 0 bridgehead atoms. The van der Waals surface area contributed by atoms with Gasteiger partial charge in [0.1, 0.15) is 6.54 Å². The lowest BCUT2D eigenvalue weighted by molar-refractivity contribution is -0.122. The molecule has 0 amide bonds. The van der Waals surface area contributed by atoms with Gasteiger partial charge in [0.15, 0.2) is 5.78 Å². The molecule has 6 nitrogen and oxygen atoms in total. The van der Waals surface area contributed by atoms with Gasteiger partial charge in [0, 0.05) is 38.2 Å². The van der Waals surface area contributed by atoms with Crippen LogP contribution in [-0.2, 0) is 11.3 Å². The summed E-state index contributed by atoms with van der Waals surface area (Å²) < 4.78 is 1.24. The van der Waals surface area contributed by atoms with Crippen LogP contribution < -0.4 is 10.5 Å². The highest BCUT2D eigenvalue weighted by Crippen LogP contribution is 2.12. The number of carbonyl (C=O) groups is 1.